The molecule has 0 saturated heterocycles. The molecule has 4 heteroatoms. The van der Waals surface area contributed by atoms with Crippen LogP contribution in [0, 0.1) is 11.3 Å². The number of para-hydroxylation sites is 1. The predicted octanol–water partition coefficient (Wildman–Crippen LogP) is 1.97. The van der Waals surface area contributed by atoms with Crippen molar-refractivity contribution in [2.45, 2.75) is 13.3 Å². The molecule has 1 aromatic carbocycles. The van der Waals surface area contributed by atoms with E-state index in [1.807, 2.05) is 43.3 Å². The Labute approximate surface area is 101 Å². The van der Waals surface area contributed by atoms with Crippen LogP contribution in [0.2, 0.25) is 0 Å². The second-order valence-corrected chi connectivity index (χ2v) is 3.43. The van der Waals surface area contributed by atoms with Gasteiger partial charge in [-0.25, -0.2) is 0 Å². The molecule has 0 aliphatic rings. The smallest absolute Gasteiger partial charge is 0.253 e. The van der Waals surface area contributed by atoms with E-state index >= 15 is 0 Å². The van der Waals surface area contributed by atoms with Crippen LogP contribution in [0.25, 0.3) is 0 Å². The number of rotatable bonds is 6. The molecule has 1 rings (SSSR count). The Bertz CT molecular complexity index is 384. The van der Waals surface area contributed by atoms with E-state index in [1.54, 1.807) is 4.90 Å². The highest BCUT2D eigenvalue weighted by atomic mass is 16.5. The number of hydrogen-bond donors (Lipinski definition) is 0. The molecule has 0 spiro atoms. The molecule has 0 saturated carbocycles. The maximum absolute atomic E-state index is 11.9. The van der Waals surface area contributed by atoms with Crippen LogP contribution in [0.5, 0.6) is 0 Å². The number of nitrogens with zero attached hydrogens (tertiary/aromatic N) is 2. The first-order valence-corrected chi connectivity index (χ1v) is 5.59. The van der Waals surface area contributed by atoms with Gasteiger partial charge in [-0.1, -0.05) is 18.2 Å². The summed E-state index contributed by atoms with van der Waals surface area (Å²) in [6.45, 7) is 2.80. The third kappa shape index (κ3) is 4.25. The molecule has 0 radical (unpaired) electrons. The van der Waals surface area contributed by atoms with E-state index in [0.717, 1.165) is 5.69 Å². The zero-order valence-electron chi connectivity index (χ0n) is 9.93. The summed E-state index contributed by atoms with van der Waals surface area (Å²) in [4.78, 5) is 13.5. The van der Waals surface area contributed by atoms with Crippen molar-refractivity contribution in [1.82, 2.24) is 0 Å². The van der Waals surface area contributed by atoms with Crippen molar-refractivity contribution in [3.8, 4) is 6.07 Å². The number of ether oxygens (including phenoxy) is 1. The fourth-order valence-corrected chi connectivity index (χ4v) is 1.43. The molecule has 17 heavy (non-hydrogen) atoms. The monoisotopic (exact) mass is 232 g/mol. The Morgan fingerprint density at radius 3 is 2.71 bits per heavy atom. The van der Waals surface area contributed by atoms with Crippen LogP contribution in [0.4, 0.5) is 5.69 Å². The summed E-state index contributed by atoms with van der Waals surface area (Å²) >= 11 is 0. The van der Waals surface area contributed by atoms with Crippen molar-refractivity contribution in [3.05, 3.63) is 30.3 Å². The van der Waals surface area contributed by atoms with Gasteiger partial charge in [-0.3, -0.25) is 4.79 Å². The van der Waals surface area contributed by atoms with Gasteiger partial charge in [0.25, 0.3) is 5.91 Å². The van der Waals surface area contributed by atoms with Gasteiger partial charge in [0.1, 0.15) is 6.61 Å². The van der Waals surface area contributed by atoms with Crippen LogP contribution in [0.15, 0.2) is 30.3 Å². The Morgan fingerprint density at radius 2 is 2.12 bits per heavy atom. The maximum atomic E-state index is 11.9. The van der Waals surface area contributed by atoms with E-state index in [0.29, 0.717) is 19.6 Å². The molecular weight excluding hydrogens is 216 g/mol. The van der Waals surface area contributed by atoms with Crippen LogP contribution < -0.4 is 4.90 Å². The molecular formula is C13H16N2O2. The standard InChI is InChI=1S/C13H16N2O2/c1-2-17-11-13(16)15(10-6-9-14)12-7-4-3-5-8-12/h3-5,7-8H,2,6,10-11H2,1H3. The highest BCUT2D eigenvalue weighted by Gasteiger charge is 2.14. The lowest BCUT2D eigenvalue weighted by atomic mass is 10.2. The quantitative estimate of drug-likeness (QED) is 0.753. The molecule has 0 fully saturated rings. The Balaban J connectivity index is 2.74. The first kappa shape index (κ1) is 13.2. The summed E-state index contributed by atoms with van der Waals surface area (Å²) in [5, 5.41) is 8.60. The van der Waals surface area contributed by atoms with Gasteiger partial charge >= 0.3 is 0 Å². The van der Waals surface area contributed by atoms with Gasteiger partial charge in [0, 0.05) is 18.8 Å². The van der Waals surface area contributed by atoms with Crippen molar-refractivity contribution >= 4 is 11.6 Å². The minimum atomic E-state index is -0.117. The summed E-state index contributed by atoms with van der Waals surface area (Å²) in [7, 11) is 0. The van der Waals surface area contributed by atoms with Gasteiger partial charge < -0.3 is 9.64 Å². The summed E-state index contributed by atoms with van der Waals surface area (Å²) < 4.78 is 5.10. The normalized spacial score (nSPS) is 9.65. The molecule has 4 nitrogen and oxygen atoms in total. The summed E-state index contributed by atoms with van der Waals surface area (Å²) in [6.07, 6.45) is 0.312. The summed E-state index contributed by atoms with van der Waals surface area (Å²) in [6, 6.07) is 11.4. The molecule has 90 valence electrons. The topological polar surface area (TPSA) is 53.3 Å². The van der Waals surface area contributed by atoms with Crippen molar-refractivity contribution in [1.29, 1.82) is 5.26 Å². The number of amides is 1. The Hall–Kier alpha value is -1.86. The lowest BCUT2D eigenvalue weighted by Gasteiger charge is -2.21. The summed E-state index contributed by atoms with van der Waals surface area (Å²) in [5.74, 6) is -0.117. The zero-order chi connectivity index (χ0) is 12.5. The van der Waals surface area contributed by atoms with Crippen LogP contribution in [0.1, 0.15) is 13.3 Å². The SMILES string of the molecule is CCOCC(=O)N(CCC#N)c1ccccc1. The lowest BCUT2D eigenvalue weighted by molar-refractivity contribution is -0.122. The van der Waals surface area contributed by atoms with E-state index in [4.69, 9.17) is 10.00 Å². The van der Waals surface area contributed by atoms with E-state index < -0.39 is 0 Å². The fourth-order valence-electron chi connectivity index (χ4n) is 1.43. The summed E-state index contributed by atoms with van der Waals surface area (Å²) in [5.41, 5.74) is 0.799. The number of hydrogen-bond acceptors (Lipinski definition) is 3. The van der Waals surface area contributed by atoms with E-state index in [9.17, 15) is 4.79 Å². The Morgan fingerprint density at radius 1 is 1.41 bits per heavy atom. The maximum Gasteiger partial charge on any atom is 0.253 e. The van der Waals surface area contributed by atoms with E-state index in [2.05, 4.69) is 0 Å². The molecule has 1 aromatic rings. The van der Waals surface area contributed by atoms with Crippen LogP contribution in [-0.2, 0) is 9.53 Å². The first-order chi connectivity index (χ1) is 8.29. The molecule has 0 aromatic heterocycles. The highest BCUT2D eigenvalue weighted by Crippen LogP contribution is 2.13. The average molecular weight is 232 g/mol. The first-order valence-electron chi connectivity index (χ1n) is 5.59. The Kier molecular flexibility index (Phi) is 5.76. The van der Waals surface area contributed by atoms with Crippen LogP contribution in [-0.4, -0.2) is 25.7 Å². The van der Waals surface area contributed by atoms with Crippen LogP contribution in [0.3, 0.4) is 0 Å². The second-order valence-electron chi connectivity index (χ2n) is 3.43. The van der Waals surface area contributed by atoms with E-state index in [1.165, 1.54) is 0 Å². The van der Waals surface area contributed by atoms with Gasteiger partial charge in [-0.2, -0.15) is 5.26 Å². The number of anilines is 1. The zero-order valence-corrected chi connectivity index (χ0v) is 9.93. The number of benzene rings is 1. The third-order valence-electron chi connectivity index (χ3n) is 2.25. The third-order valence-corrected chi connectivity index (χ3v) is 2.25. The predicted molar refractivity (Wildman–Crippen MR) is 65.5 cm³/mol. The minimum absolute atomic E-state index is 0.0524. The molecule has 0 atom stereocenters. The van der Waals surface area contributed by atoms with Crippen molar-refractivity contribution in [2.24, 2.45) is 0 Å². The second kappa shape index (κ2) is 7.42. The van der Waals surface area contributed by atoms with Gasteiger partial charge in [0.05, 0.1) is 12.5 Å². The molecule has 0 bridgehead atoms. The lowest BCUT2D eigenvalue weighted by Crippen LogP contribution is -2.34. The van der Waals surface area contributed by atoms with Crippen LogP contribution >= 0.6 is 0 Å². The number of nitriles is 1. The highest BCUT2D eigenvalue weighted by molar-refractivity contribution is 5.94. The molecule has 0 unspecified atom stereocenters. The van der Waals surface area contributed by atoms with Crippen molar-refractivity contribution < 1.29 is 9.53 Å². The number of carbonyl (C=O) groups excluding carboxylic acids is 1. The molecule has 0 aliphatic carbocycles. The average Bonchev–Trinajstić information content (AvgIpc) is 2.38. The largest absolute Gasteiger partial charge is 0.372 e. The molecule has 0 aliphatic heterocycles. The van der Waals surface area contributed by atoms with Crippen molar-refractivity contribution in [2.75, 3.05) is 24.7 Å². The van der Waals surface area contributed by atoms with Gasteiger partial charge in [0.2, 0.25) is 0 Å². The van der Waals surface area contributed by atoms with Gasteiger partial charge in [-0.15, -0.1) is 0 Å². The fraction of sp³-hybridized carbons (Fsp3) is 0.385. The van der Waals surface area contributed by atoms with E-state index in [-0.39, 0.29) is 12.5 Å². The van der Waals surface area contributed by atoms with Gasteiger partial charge in [-0.05, 0) is 19.1 Å². The minimum Gasteiger partial charge on any atom is -0.372 e. The van der Waals surface area contributed by atoms with Crippen molar-refractivity contribution in [3.63, 3.8) is 0 Å². The number of carbonyl (C=O) groups is 1. The molecule has 1 amide bonds. The molecule has 0 heterocycles. The van der Waals surface area contributed by atoms with Gasteiger partial charge in [0.15, 0.2) is 0 Å². The molecule has 0 N–H and O–H groups in total.